The molecule has 1 aliphatic heterocycles. The molecule has 2 aromatic rings. The zero-order valence-electron chi connectivity index (χ0n) is 9.98. The summed E-state index contributed by atoms with van der Waals surface area (Å²) < 4.78 is 1.93. The molecular formula is C11H15N7. The van der Waals surface area contributed by atoms with Crippen molar-refractivity contribution < 1.29 is 0 Å². The fraction of sp³-hybridized carbons (Fsp3) is 0.455. The number of rotatable bonds is 2. The van der Waals surface area contributed by atoms with Crippen LogP contribution in [-0.2, 0) is 0 Å². The van der Waals surface area contributed by atoms with Crippen LogP contribution in [0.2, 0.25) is 0 Å². The Morgan fingerprint density at radius 1 is 1.28 bits per heavy atom. The van der Waals surface area contributed by atoms with Crippen molar-refractivity contribution in [1.29, 1.82) is 0 Å². The summed E-state index contributed by atoms with van der Waals surface area (Å²) in [6.45, 7) is 1.82. The number of hydrogen-bond acceptors (Lipinski definition) is 6. The topological polar surface area (TPSA) is 85.8 Å². The summed E-state index contributed by atoms with van der Waals surface area (Å²) >= 11 is 0. The third-order valence-electron chi connectivity index (χ3n) is 3.22. The maximum absolute atomic E-state index is 5.67. The van der Waals surface area contributed by atoms with Crippen molar-refractivity contribution >= 4 is 11.8 Å². The van der Waals surface area contributed by atoms with E-state index in [1.807, 2.05) is 4.68 Å². The Hall–Kier alpha value is -2.18. The monoisotopic (exact) mass is 245 g/mol. The van der Waals surface area contributed by atoms with Gasteiger partial charge in [-0.2, -0.15) is 10.1 Å². The summed E-state index contributed by atoms with van der Waals surface area (Å²) in [6, 6.07) is 2.12. The predicted molar refractivity (Wildman–Crippen MR) is 67.0 cm³/mol. The molecule has 3 rings (SSSR count). The van der Waals surface area contributed by atoms with Crippen molar-refractivity contribution in [3.8, 4) is 0 Å². The van der Waals surface area contributed by atoms with E-state index >= 15 is 0 Å². The van der Waals surface area contributed by atoms with Crippen LogP contribution in [0.25, 0.3) is 0 Å². The molecule has 1 saturated heterocycles. The molecule has 2 aromatic heterocycles. The first-order valence-corrected chi connectivity index (χ1v) is 6.00. The first-order chi connectivity index (χ1) is 8.83. The Bertz CT molecular complexity index is 502. The van der Waals surface area contributed by atoms with Gasteiger partial charge in [0, 0.05) is 19.3 Å². The van der Waals surface area contributed by atoms with Gasteiger partial charge in [0.05, 0.1) is 6.04 Å². The molecule has 2 N–H and O–H groups in total. The van der Waals surface area contributed by atoms with Crippen LogP contribution in [0, 0.1) is 0 Å². The van der Waals surface area contributed by atoms with Crippen LogP contribution >= 0.6 is 0 Å². The summed E-state index contributed by atoms with van der Waals surface area (Å²) in [7, 11) is 0. The molecule has 7 nitrogen and oxygen atoms in total. The maximum Gasteiger partial charge on any atom is 0.227 e. The highest BCUT2D eigenvalue weighted by molar-refractivity contribution is 5.37. The van der Waals surface area contributed by atoms with E-state index in [1.54, 1.807) is 24.9 Å². The minimum atomic E-state index is 0.421. The number of nitrogens with two attached hydrogens (primary N) is 1. The van der Waals surface area contributed by atoms with Gasteiger partial charge in [-0.15, -0.1) is 0 Å². The van der Waals surface area contributed by atoms with E-state index < -0.39 is 0 Å². The number of nitrogens with zero attached hydrogens (tertiary/aromatic N) is 6. The Balaban J connectivity index is 1.67. The van der Waals surface area contributed by atoms with E-state index in [0.29, 0.717) is 17.8 Å². The van der Waals surface area contributed by atoms with E-state index in [-0.39, 0.29) is 0 Å². The number of nitrogen functional groups attached to an aromatic ring is 1. The van der Waals surface area contributed by atoms with Gasteiger partial charge in [0.2, 0.25) is 5.95 Å². The molecule has 1 fully saturated rings. The van der Waals surface area contributed by atoms with Crippen molar-refractivity contribution in [1.82, 2.24) is 24.7 Å². The average Bonchev–Trinajstić information content (AvgIpc) is 2.93. The molecule has 0 unspecified atom stereocenters. The van der Waals surface area contributed by atoms with Gasteiger partial charge in [-0.25, -0.2) is 14.6 Å². The summed E-state index contributed by atoms with van der Waals surface area (Å²) in [4.78, 5) is 14.6. The van der Waals surface area contributed by atoms with Crippen LogP contribution in [0.15, 0.2) is 24.9 Å². The van der Waals surface area contributed by atoms with Crippen LogP contribution in [-0.4, -0.2) is 37.8 Å². The zero-order valence-corrected chi connectivity index (χ0v) is 9.98. The van der Waals surface area contributed by atoms with E-state index in [9.17, 15) is 0 Å². The van der Waals surface area contributed by atoms with Crippen LogP contribution in [0.5, 0.6) is 0 Å². The van der Waals surface area contributed by atoms with Crippen molar-refractivity contribution in [2.45, 2.75) is 18.9 Å². The number of aromatic nitrogens is 5. The molecule has 0 bridgehead atoms. The molecule has 0 radical (unpaired) electrons. The number of anilines is 2. The smallest absolute Gasteiger partial charge is 0.227 e. The number of hydrogen-bond donors (Lipinski definition) is 1. The van der Waals surface area contributed by atoms with Crippen molar-refractivity contribution in [2.75, 3.05) is 23.7 Å². The molecule has 1 aliphatic rings. The van der Waals surface area contributed by atoms with Gasteiger partial charge in [0.15, 0.2) is 0 Å². The van der Waals surface area contributed by atoms with E-state index in [2.05, 4.69) is 25.0 Å². The van der Waals surface area contributed by atoms with Crippen LogP contribution in [0.4, 0.5) is 11.8 Å². The minimum absolute atomic E-state index is 0.421. The van der Waals surface area contributed by atoms with Gasteiger partial charge in [0.1, 0.15) is 18.5 Å². The summed E-state index contributed by atoms with van der Waals surface area (Å²) in [5.74, 6) is 1.23. The Morgan fingerprint density at radius 2 is 2.11 bits per heavy atom. The molecular weight excluding hydrogens is 230 g/mol. The third kappa shape index (κ3) is 2.11. The molecule has 0 aromatic carbocycles. The molecule has 0 amide bonds. The molecule has 7 heteroatoms. The standard InChI is InChI=1S/C11H15N7/c12-10-1-4-14-11(16-10)17-5-2-9(3-6-17)18-8-13-7-15-18/h1,4,7-9H,2-3,5-6H2,(H2,12,14,16). The third-order valence-corrected chi connectivity index (χ3v) is 3.22. The summed E-state index contributed by atoms with van der Waals surface area (Å²) in [5, 5.41) is 4.19. The van der Waals surface area contributed by atoms with Crippen LogP contribution < -0.4 is 10.6 Å². The predicted octanol–water partition coefficient (Wildman–Crippen LogP) is 0.492. The largest absolute Gasteiger partial charge is 0.384 e. The lowest BCUT2D eigenvalue weighted by Crippen LogP contribution is -2.35. The molecule has 0 spiro atoms. The van der Waals surface area contributed by atoms with Gasteiger partial charge in [-0.3, -0.25) is 0 Å². The second kappa shape index (κ2) is 4.59. The molecule has 3 heterocycles. The van der Waals surface area contributed by atoms with E-state index in [0.717, 1.165) is 25.9 Å². The first-order valence-electron chi connectivity index (χ1n) is 6.00. The van der Waals surface area contributed by atoms with Gasteiger partial charge in [-0.1, -0.05) is 0 Å². The van der Waals surface area contributed by atoms with Crippen molar-refractivity contribution in [2.24, 2.45) is 0 Å². The maximum atomic E-state index is 5.67. The second-order valence-electron chi connectivity index (χ2n) is 4.38. The quantitative estimate of drug-likeness (QED) is 0.828. The summed E-state index contributed by atoms with van der Waals surface area (Å²) in [6.07, 6.45) is 7.08. The fourth-order valence-electron chi connectivity index (χ4n) is 2.25. The fourth-order valence-corrected chi connectivity index (χ4v) is 2.25. The highest BCUT2D eigenvalue weighted by Gasteiger charge is 2.22. The lowest BCUT2D eigenvalue weighted by molar-refractivity contribution is 0.364. The lowest BCUT2D eigenvalue weighted by Gasteiger charge is -2.31. The Kier molecular flexibility index (Phi) is 2.79. The average molecular weight is 245 g/mol. The second-order valence-corrected chi connectivity index (χ2v) is 4.38. The zero-order chi connectivity index (χ0) is 12.4. The van der Waals surface area contributed by atoms with E-state index in [4.69, 9.17) is 5.73 Å². The first kappa shape index (κ1) is 10.9. The Morgan fingerprint density at radius 3 is 2.78 bits per heavy atom. The highest BCUT2D eigenvalue weighted by atomic mass is 15.3. The van der Waals surface area contributed by atoms with E-state index in [1.165, 1.54) is 0 Å². The van der Waals surface area contributed by atoms with Crippen LogP contribution in [0.3, 0.4) is 0 Å². The Labute approximate surface area is 105 Å². The lowest BCUT2D eigenvalue weighted by atomic mass is 10.1. The van der Waals surface area contributed by atoms with Gasteiger partial charge in [0.25, 0.3) is 0 Å². The minimum Gasteiger partial charge on any atom is -0.384 e. The molecule has 0 saturated carbocycles. The number of piperidine rings is 1. The molecule has 18 heavy (non-hydrogen) atoms. The van der Waals surface area contributed by atoms with Crippen molar-refractivity contribution in [3.63, 3.8) is 0 Å². The van der Waals surface area contributed by atoms with Crippen LogP contribution in [0.1, 0.15) is 18.9 Å². The normalized spacial score (nSPS) is 17.0. The SMILES string of the molecule is Nc1ccnc(N2CCC(n3cncn3)CC2)n1. The van der Waals surface area contributed by atoms with Crippen molar-refractivity contribution in [3.05, 3.63) is 24.9 Å². The molecule has 94 valence electrons. The highest BCUT2D eigenvalue weighted by Crippen LogP contribution is 2.23. The van der Waals surface area contributed by atoms with Gasteiger partial charge >= 0.3 is 0 Å². The molecule has 0 atom stereocenters. The van der Waals surface area contributed by atoms with Gasteiger partial charge in [-0.05, 0) is 18.9 Å². The van der Waals surface area contributed by atoms with Gasteiger partial charge < -0.3 is 10.6 Å². The summed E-state index contributed by atoms with van der Waals surface area (Å²) in [5.41, 5.74) is 5.67. The molecule has 0 aliphatic carbocycles.